The Morgan fingerprint density at radius 3 is 2.53 bits per heavy atom. The van der Waals surface area contributed by atoms with E-state index < -0.39 is 0 Å². The predicted molar refractivity (Wildman–Crippen MR) is 79.9 cm³/mol. The van der Waals surface area contributed by atoms with Crippen LogP contribution in [0.15, 0.2) is 24.3 Å². The van der Waals surface area contributed by atoms with Gasteiger partial charge >= 0.3 is 0 Å². The summed E-state index contributed by atoms with van der Waals surface area (Å²) in [5.41, 5.74) is 2.78. The highest BCUT2D eigenvalue weighted by Crippen LogP contribution is 2.24. The third kappa shape index (κ3) is 6.13. The summed E-state index contributed by atoms with van der Waals surface area (Å²) in [7, 11) is 2.06. The molecule has 0 aliphatic heterocycles. The van der Waals surface area contributed by atoms with Gasteiger partial charge in [0.2, 0.25) is 0 Å². The van der Waals surface area contributed by atoms with Crippen LogP contribution in [0.2, 0.25) is 0 Å². The Morgan fingerprint density at radius 1 is 1.29 bits per heavy atom. The first-order valence-corrected chi connectivity index (χ1v) is 7.26. The highest BCUT2D eigenvalue weighted by molar-refractivity contribution is 8.00. The molecule has 17 heavy (non-hydrogen) atoms. The summed E-state index contributed by atoms with van der Waals surface area (Å²) in [5.74, 6) is 1.16. The molecule has 1 nitrogen and oxygen atoms in total. The van der Waals surface area contributed by atoms with Crippen molar-refractivity contribution in [3.63, 3.8) is 0 Å². The van der Waals surface area contributed by atoms with Crippen LogP contribution in [0.3, 0.4) is 0 Å². The molecule has 2 heteroatoms. The summed E-state index contributed by atoms with van der Waals surface area (Å²) in [4.78, 5) is 0. The summed E-state index contributed by atoms with van der Waals surface area (Å²) >= 11 is 2.03. The Kier molecular flexibility index (Phi) is 5.54. The van der Waals surface area contributed by atoms with E-state index in [2.05, 4.69) is 64.3 Å². The Balaban J connectivity index is 2.52. The first kappa shape index (κ1) is 14.6. The van der Waals surface area contributed by atoms with E-state index >= 15 is 0 Å². The van der Waals surface area contributed by atoms with Crippen LogP contribution in [0, 0.1) is 6.92 Å². The fourth-order valence-corrected chi connectivity index (χ4v) is 2.70. The molecular weight excluding hydrogens is 226 g/mol. The van der Waals surface area contributed by atoms with Crippen molar-refractivity contribution in [2.45, 2.75) is 44.9 Å². The summed E-state index contributed by atoms with van der Waals surface area (Å²) in [5, 5.41) is 3.42. The highest BCUT2D eigenvalue weighted by Gasteiger charge is 2.14. The summed E-state index contributed by atoms with van der Waals surface area (Å²) in [6.07, 6.45) is 1.11. The molecule has 0 saturated heterocycles. The van der Waals surface area contributed by atoms with Crippen molar-refractivity contribution in [2.24, 2.45) is 0 Å². The maximum Gasteiger partial charge on any atom is 0.0195 e. The van der Waals surface area contributed by atoms with Crippen molar-refractivity contribution >= 4 is 11.8 Å². The minimum Gasteiger partial charge on any atom is -0.316 e. The van der Waals surface area contributed by atoms with Gasteiger partial charge in [-0.05, 0) is 26.0 Å². The average molecular weight is 251 g/mol. The van der Waals surface area contributed by atoms with Gasteiger partial charge in [-0.2, -0.15) is 11.8 Å². The van der Waals surface area contributed by atoms with Gasteiger partial charge in [-0.15, -0.1) is 0 Å². The Morgan fingerprint density at radius 2 is 2.00 bits per heavy atom. The first-order valence-electron chi connectivity index (χ1n) is 6.27. The smallest absolute Gasteiger partial charge is 0.0195 e. The molecule has 0 fully saturated rings. The second kappa shape index (κ2) is 6.46. The van der Waals surface area contributed by atoms with Crippen molar-refractivity contribution in [3.05, 3.63) is 35.4 Å². The molecule has 0 bridgehead atoms. The fourth-order valence-electron chi connectivity index (χ4n) is 1.72. The molecule has 1 N–H and O–H groups in total. The molecule has 0 amide bonds. The van der Waals surface area contributed by atoms with E-state index in [1.54, 1.807) is 0 Å². The van der Waals surface area contributed by atoms with Crippen molar-refractivity contribution in [1.29, 1.82) is 0 Å². The average Bonchev–Trinajstić information content (AvgIpc) is 2.23. The van der Waals surface area contributed by atoms with Crippen LogP contribution >= 0.6 is 11.8 Å². The molecule has 0 saturated carbocycles. The minimum absolute atomic E-state index is 0.349. The molecule has 1 aromatic rings. The predicted octanol–water partition coefficient (Wildman–Crippen LogP) is 3.66. The third-order valence-electron chi connectivity index (χ3n) is 2.69. The van der Waals surface area contributed by atoms with E-state index in [4.69, 9.17) is 0 Å². The van der Waals surface area contributed by atoms with Gasteiger partial charge in [0.15, 0.2) is 0 Å². The monoisotopic (exact) mass is 251 g/mol. The highest BCUT2D eigenvalue weighted by atomic mass is 32.2. The van der Waals surface area contributed by atoms with Crippen LogP contribution in [-0.4, -0.2) is 23.6 Å². The Bertz CT molecular complexity index is 341. The van der Waals surface area contributed by atoms with Gasteiger partial charge in [-0.25, -0.2) is 0 Å². The van der Waals surface area contributed by atoms with Crippen LogP contribution in [0.5, 0.6) is 0 Å². The number of benzene rings is 1. The molecule has 1 rings (SSSR count). The third-order valence-corrected chi connectivity index (χ3v) is 4.13. The number of hydrogen-bond donors (Lipinski definition) is 1. The number of thioether (sulfide) groups is 1. The molecule has 0 aliphatic rings. The van der Waals surface area contributed by atoms with Gasteiger partial charge in [0.25, 0.3) is 0 Å². The van der Waals surface area contributed by atoms with E-state index in [0.717, 1.165) is 12.2 Å². The lowest BCUT2D eigenvalue weighted by Crippen LogP contribution is -2.31. The molecule has 96 valence electrons. The Labute approximate surface area is 110 Å². The van der Waals surface area contributed by atoms with Crippen LogP contribution in [-0.2, 0) is 6.42 Å². The van der Waals surface area contributed by atoms with E-state index in [1.807, 2.05) is 11.8 Å². The number of aryl methyl sites for hydroxylation is 1. The first-order chi connectivity index (χ1) is 7.90. The van der Waals surface area contributed by atoms with Crippen molar-refractivity contribution < 1.29 is 0 Å². The molecule has 0 aromatic heterocycles. The zero-order valence-electron chi connectivity index (χ0n) is 11.7. The number of hydrogen-bond acceptors (Lipinski definition) is 2. The fraction of sp³-hybridized carbons (Fsp3) is 0.600. The Hall–Kier alpha value is -0.470. The van der Waals surface area contributed by atoms with Gasteiger partial charge in [0.05, 0.1) is 0 Å². The molecule has 0 aliphatic carbocycles. The van der Waals surface area contributed by atoms with E-state index in [1.165, 1.54) is 11.1 Å². The van der Waals surface area contributed by atoms with E-state index in [-0.39, 0.29) is 0 Å². The van der Waals surface area contributed by atoms with Crippen LogP contribution < -0.4 is 5.32 Å². The normalized spacial score (nSPS) is 13.7. The topological polar surface area (TPSA) is 12.0 Å². The van der Waals surface area contributed by atoms with Gasteiger partial charge in [0, 0.05) is 16.5 Å². The second-order valence-corrected chi connectivity index (χ2v) is 7.45. The molecule has 1 unspecified atom stereocenters. The quantitative estimate of drug-likeness (QED) is 0.857. The van der Waals surface area contributed by atoms with Gasteiger partial charge in [-0.3, -0.25) is 0 Å². The maximum atomic E-state index is 3.42. The standard InChI is InChI=1S/C15H25NS/c1-12-7-6-8-13(9-12)10-14(16-5)11-17-15(2,3)4/h6-9,14,16H,10-11H2,1-5H3. The molecule has 1 aromatic carbocycles. The van der Waals surface area contributed by atoms with Crippen molar-refractivity contribution in [2.75, 3.05) is 12.8 Å². The number of likely N-dealkylation sites (N-methyl/N-ethyl adjacent to an activating group) is 1. The maximum absolute atomic E-state index is 3.42. The molecule has 1 atom stereocenters. The van der Waals surface area contributed by atoms with Crippen LogP contribution in [0.25, 0.3) is 0 Å². The lowest BCUT2D eigenvalue weighted by Gasteiger charge is -2.23. The lowest BCUT2D eigenvalue weighted by molar-refractivity contribution is 0.613. The van der Waals surface area contributed by atoms with Crippen LogP contribution in [0.4, 0.5) is 0 Å². The molecular formula is C15H25NS. The van der Waals surface area contributed by atoms with Gasteiger partial charge in [-0.1, -0.05) is 50.6 Å². The molecule has 0 heterocycles. The minimum atomic E-state index is 0.349. The van der Waals surface area contributed by atoms with E-state index in [0.29, 0.717) is 10.8 Å². The lowest BCUT2D eigenvalue weighted by atomic mass is 10.1. The van der Waals surface area contributed by atoms with Crippen molar-refractivity contribution in [3.8, 4) is 0 Å². The molecule has 0 spiro atoms. The van der Waals surface area contributed by atoms with Crippen molar-refractivity contribution in [1.82, 2.24) is 5.32 Å². The zero-order valence-corrected chi connectivity index (χ0v) is 12.5. The number of rotatable bonds is 5. The van der Waals surface area contributed by atoms with E-state index in [9.17, 15) is 0 Å². The van der Waals surface area contributed by atoms with Gasteiger partial charge < -0.3 is 5.32 Å². The summed E-state index contributed by atoms with van der Waals surface area (Å²) in [6.45, 7) is 8.98. The summed E-state index contributed by atoms with van der Waals surface area (Å²) < 4.78 is 0.349. The largest absolute Gasteiger partial charge is 0.316 e. The molecule has 0 radical (unpaired) electrons. The van der Waals surface area contributed by atoms with Gasteiger partial charge in [0.1, 0.15) is 0 Å². The summed E-state index contributed by atoms with van der Waals surface area (Å²) in [6, 6.07) is 9.36. The second-order valence-electron chi connectivity index (χ2n) is 5.60. The number of nitrogens with one attached hydrogen (secondary N) is 1. The van der Waals surface area contributed by atoms with Crippen LogP contribution in [0.1, 0.15) is 31.9 Å². The SMILES string of the molecule is CNC(CSC(C)(C)C)Cc1cccc(C)c1. The zero-order chi connectivity index (χ0) is 12.9.